The van der Waals surface area contributed by atoms with Crippen LogP contribution in [0.25, 0.3) is 0 Å². The topological polar surface area (TPSA) is 61.8 Å². The summed E-state index contributed by atoms with van der Waals surface area (Å²) < 4.78 is 15.1. The molecular weight excluding hydrogens is 344 g/mol. The van der Waals surface area contributed by atoms with Gasteiger partial charge in [-0.15, -0.1) is 0 Å². The first kappa shape index (κ1) is 25.6. The third kappa shape index (κ3) is 19.2. The van der Waals surface area contributed by atoms with E-state index < -0.39 is 11.9 Å². The number of ether oxygens (including phenoxy) is 3. The lowest BCUT2D eigenvalue weighted by Gasteiger charge is -2.09. The molecule has 0 N–H and O–H groups in total. The fourth-order valence-corrected chi connectivity index (χ4v) is 2.62. The quantitative estimate of drug-likeness (QED) is 0.184. The third-order valence-electron chi connectivity index (χ3n) is 4.42. The molecule has 0 saturated heterocycles. The predicted molar refractivity (Wildman–Crippen MR) is 109 cm³/mol. The molecule has 0 spiro atoms. The summed E-state index contributed by atoms with van der Waals surface area (Å²) in [6.45, 7) is 5.58. The number of esters is 2. The molecule has 0 aromatic heterocycles. The Bertz CT molecular complexity index is 392. The maximum Gasteiger partial charge on any atom is 0.331 e. The van der Waals surface area contributed by atoms with Crippen LogP contribution in [-0.4, -0.2) is 38.9 Å². The number of hydrogen-bond donors (Lipinski definition) is 0. The van der Waals surface area contributed by atoms with Crippen LogP contribution in [0.5, 0.6) is 0 Å². The minimum absolute atomic E-state index is 0.227. The Hall–Kier alpha value is -1.36. The molecule has 0 rings (SSSR count). The summed E-state index contributed by atoms with van der Waals surface area (Å²) in [7, 11) is 1.64. The second kappa shape index (κ2) is 19.4. The minimum Gasteiger partial charge on any atom is -0.463 e. The zero-order valence-electron chi connectivity index (χ0n) is 17.7. The number of hydrogen-bond acceptors (Lipinski definition) is 5. The highest BCUT2D eigenvalue weighted by Gasteiger charge is 2.06. The van der Waals surface area contributed by atoms with Gasteiger partial charge in [0.25, 0.3) is 0 Å². The molecule has 0 aromatic rings. The Balaban J connectivity index is 3.51. The second-order valence-electron chi connectivity index (χ2n) is 7.20. The summed E-state index contributed by atoms with van der Waals surface area (Å²) in [6.07, 6.45) is 15.5. The van der Waals surface area contributed by atoms with Gasteiger partial charge in [-0.25, -0.2) is 9.59 Å². The average Bonchev–Trinajstić information content (AvgIpc) is 2.67. The Morgan fingerprint density at radius 2 is 1.30 bits per heavy atom. The van der Waals surface area contributed by atoms with Crippen molar-refractivity contribution in [1.82, 2.24) is 0 Å². The van der Waals surface area contributed by atoms with Crippen LogP contribution >= 0.6 is 0 Å². The molecule has 0 aromatic carbocycles. The molecule has 0 amide bonds. The van der Waals surface area contributed by atoms with Gasteiger partial charge in [0.05, 0.1) is 13.2 Å². The molecule has 0 heterocycles. The third-order valence-corrected chi connectivity index (χ3v) is 4.42. The Labute approximate surface area is 165 Å². The first-order chi connectivity index (χ1) is 13.1. The molecule has 0 radical (unpaired) electrons. The van der Waals surface area contributed by atoms with Gasteiger partial charge in [0.2, 0.25) is 0 Å². The number of carbonyl (C=O) groups is 2. The lowest BCUT2D eigenvalue weighted by atomic mass is 10.1. The van der Waals surface area contributed by atoms with Crippen molar-refractivity contribution in [3.63, 3.8) is 0 Å². The number of carbonyl (C=O) groups excluding carboxylic acids is 2. The van der Waals surface area contributed by atoms with Crippen LogP contribution in [0.15, 0.2) is 12.2 Å². The van der Waals surface area contributed by atoms with Gasteiger partial charge in [-0.3, -0.25) is 0 Å². The summed E-state index contributed by atoms with van der Waals surface area (Å²) in [4.78, 5) is 23.1. The van der Waals surface area contributed by atoms with E-state index in [9.17, 15) is 9.59 Å². The normalized spacial score (nSPS) is 12.3. The van der Waals surface area contributed by atoms with Gasteiger partial charge in [-0.05, 0) is 18.8 Å². The zero-order valence-corrected chi connectivity index (χ0v) is 17.7. The highest BCUT2D eigenvalue weighted by atomic mass is 16.5. The monoisotopic (exact) mass is 384 g/mol. The van der Waals surface area contributed by atoms with E-state index in [4.69, 9.17) is 14.2 Å². The molecule has 0 bridgehead atoms. The second-order valence-corrected chi connectivity index (χ2v) is 7.20. The van der Waals surface area contributed by atoms with Crippen LogP contribution < -0.4 is 0 Å². The first-order valence-corrected chi connectivity index (χ1v) is 10.6. The lowest BCUT2D eigenvalue weighted by Crippen LogP contribution is -2.12. The summed E-state index contributed by atoms with van der Waals surface area (Å²) in [5.41, 5.74) is 0. The molecule has 0 aliphatic rings. The van der Waals surface area contributed by atoms with E-state index in [2.05, 4.69) is 6.92 Å². The van der Waals surface area contributed by atoms with Gasteiger partial charge in [-0.2, -0.15) is 0 Å². The van der Waals surface area contributed by atoms with Gasteiger partial charge in [0.15, 0.2) is 0 Å². The molecule has 5 nitrogen and oxygen atoms in total. The minimum atomic E-state index is -0.518. The Morgan fingerprint density at radius 3 is 1.85 bits per heavy atom. The maximum absolute atomic E-state index is 11.6. The fraction of sp³-hybridized carbons (Fsp3) is 0.818. The molecule has 1 unspecified atom stereocenters. The van der Waals surface area contributed by atoms with Crippen LogP contribution in [0.3, 0.4) is 0 Å². The molecule has 0 aliphatic heterocycles. The van der Waals surface area contributed by atoms with Crippen molar-refractivity contribution in [1.29, 1.82) is 0 Å². The molecule has 0 aliphatic carbocycles. The van der Waals surface area contributed by atoms with Gasteiger partial charge in [0.1, 0.15) is 0 Å². The maximum atomic E-state index is 11.6. The largest absolute Gasteiger partial charge is 0.463 e. The predicted octanol–water partition coefficient (Wildman–Crippen LogP) is 5.22. The number of methoxy groups -OCH3 is 1. The SMILES string of the molecule is CCCCCCCCCCCCOC(=O)/C=C/C(=O)OCC(C)CCOC. The van der Waals surface area contributed by atoms with Gasteiger partial charge < -0.3 is 14.2 Å². The van der Waals surface area contributed by atoms with Crippen molar-refractivity contribution >= 4 is 11.9 Å². The van der Waals surface area contributed by atoms with E-state index >= 15 is 0 Å². The van der Waals surface area contributed by atoms with E-state index in [1.165, 1.54) is 51.4 Å². The van der Waals surface area contributed by atoms with E-state index in [1.54, 1.807) is 7.11 Å². The fourth-order valence-electron chi connectivity index (χ4n) is 2.62. The van der Waals surface area contributed by atoms with Crippen molar-refractivity contribution < 1.29 is 23.8 Å². The Kier molecular flexibility index (Phi) is 18.4. The smallest absolute Gasteiger partial charge is 0.331 e. The number of rotatable bonds is 18. The Morgan fingerprint density at radius 1 is 0.778 bits per heavy atom. The van der Waals surface area contributed by atoms with E-state index in [1.807, 2.05) is 6.92 Å². The van der Waals surface area contributed by atoms with Crippen molar-refractivity contribution in [2.45, 2.75) is 84.5 Å². The van der Waals surface area contributed by atoms with E-state index in [-0.39, 0.29) is 5.92 Å². The van der Waals surface area contributed by atoms with Gasteiger partial charge >= 0.3 is 11.9 Å². The van der Waals surface area contributed by atoms with Crippen LogP contribution in [0.4, 0.5) is 0 Å². The molecule has 0 fully saturated rings. The van der Waals surface area contributed by atoms with Gasteiger partial charge in [0, 0.05) is 25.9 Å². The van der Waals surface area contributed by atoms with Gasteiger partial charge in [-0.1, -0.05) is 71.6 Å². The average molecular weight is 385 g/mol. The van der Waals surface area contributed by atoms with Crippen molar-refractivity contribution in [3.8, 4) is 0 Å². The summed E-state index contributed by atoms with van der Waals surface area (Å²) in [6, 6.07) is 0. The summed E-state index contributed by atoms with van der Waals surface area (Å²) in [5.74, 6) is -0.781. The van der Waals surface area contributed by atoms with Crippen molar-refractivity contribution in [2.75, 3.05) is 26.9 Å². The number of unbranched alkanes of at least 4 members (excludes halogenated alkanes) is 9. The van der Waals surface area contributed by atoms with E-state index in [0.29, 0.717) is 19.8 Å². The molecule has 158 valence electrons. The van der Waals surface area contributed by atoms with Crippen molar-refractivity contribution in [3.05, 3.63) is 12.2 Å². The first-order valence-electron chi connectivity index (χ1n) is 10.6. The van der Waals surface area contributed by atoms with Crippen molar-refractivity contribution in [2.24, 2.45) is 5.92 Å². The zero-order chi connectivity index (χ0) is 20.2. The molecule has 0 saturated carbocycles. The molecule has 27 heavy (non-hydrogen) atoms. The van der Waals surface area contributed by atoms with Crippen LogP contribution in [-0.2, 0) is 23.8 Å². The highest BCUT2D eigenvalue weighted by molar-refractivity contribution is 5.91. The van der Waals surface area contributed by atoms with E-state index in [0.717, 1.165) is 31.4 Å². The summed E-state index contributed by atoms with van der Waals surface area (Å²) in [5, 5.41) is 0. The standard InChI is InChI=1S/C22H40O5/c1-4-5-6-7-8-9-10-11-12-13-17-26-21(23)14-15-22(24)27-19-20(2)16-18-25-3/h14-15,20H,4-13,16-19H2,1-3H3/b15-14+. The molecule has 1 atom stereocenters. The molecule has 5 heteroatoms. The summed E-state index contributed by atoms with van der Waals surface area (Å²) >= 11 is 0. The van der Waals surface area contributed by atoms with Crippen LogP contribution in [0.2, 0.25) is 0 Å². The highest BCUT2D eigenvalue weighted by Crippen LogP contribution is 2.10. The lowest BCUT2D eigenvalue weighted by molar-refractivity contribution is -0.141. The van der Waals surface area contributed by atoms with Crippen LogP contribution in [0.1, 0.15) is 84.5 Å². The van der Waals surface area contributed by atoms with Crippen LogP contribution in [0, 0.1) is 5.92 Å². The molecular formula is C22H40O5.